The molecule has 1 atom stereocenters. The number of aliphatic hydroxyl groups is 1. The Labute approximate surface area is 126 Å². The zero-order valence-corrected chi connectivity index (χ0v) is 13.2. The SMILES string of the molecule is CCOc1cccc(C(C)NCC2(O)CCSCC2)c1. The van der Waals surface area contributed by atoms with E-state index in [4.69, 9.17) is 4.74 Å². The summed E-state index contributed by atoms with van der Waals surface area (Å²) in [4.78, 5) is 0. The first kappa shape index (κ1) is 15.7. The van der Waals surface area contributed by atoms with Crippen LogP contribution in [0.5, 0.6) is 5.75 Å². The van der Waals surface area contributed by atoms with Gasteiger partial charge in [-0.05, 0) is 55.9 Å². The molecule has 4 heteroatoms. The van der Waals surface area contributed by atoms with Crippen LogP contribution in [0, 0.1) is 0 Å². The molecule has 1 aromatic carbocycles. The first-order valence-corrected chi connectivity index (χ1v) is 8.55. The largest absolute Gasteiger partial charge is 0.494 e. The second kappa shape index (κ2) is 7.34. The predicted molar refractivity (Wildman–Crippen MR) is 85.5 cm³/mol. The van der Waals surface area contributed by atoms with Crippen molar-refractivity contribution in [2.24, 2.45) is 0 Å². The molecule has 1 aromatic rings. The standard InChI is InChI=1S/C16H25NO2S/c1-3-19-15-6-4-5-14(11-15)13(2)17-12-16(18)7-9-20-10-8-16/h4-6,11,13,17-18H,3,7-10,12H2,1-2H3. The van der Waals surface area contributed by atoms with Gasteiger partial charge >= 0.3 is 0 Å². The van der Waals surface area contributed by atoms with Crippen LogP contribution in [0.2, 0.25) is 0 Å². The van der Waals surface area contributed by atoms with E-state index in [-0.39, 0.29) is 6.04 Å². The van der Waals surface area contributed by atoms with Gasteiger partial charge in [0.15, 0.2) is 0 Å². The zero-order chi connectivity index (χ0) is 14.4. The highest BCUT2D eigenvalue weighted by Crippen LogP contribution is 2.27. The van der Waals surface area contributed by atoms with Gasteiger partial charge in [0.2, 0.25) is 0 Å². The lowest BCUT2D eigenvalue weighted by molar-refractivity contribution is 0.0300. The van der Waals surface area contributed by atoms with Crippen LogP contribution in [0.25, 0.3) is 0 Å². The lowest BCUT2D eigenvalue weighted by atomic mass is 9.96. The van der Waals surface area contributed by atoms with Gasteiger partial charge in [-0.25, -0.2) is 0 Å². The van der Waals surface area contributed by atoms with Gasteiger partial charge in [0.05, 0.1) is 12.2 Å². The molecule has 1 aliphatic heterocycles. The summed E-state index contributed by atoms with van der Waals surface area (Å²) in [7, 11) is 0. The van der Waals surface area contributed by atoms with E-state index in [1.54, 1.807) is 0 Å². The van der Waals surface area contributed by atoms with Crippen molar-refractivity contribution < 1.29 is 9.84 Å². The lowest BCUT2D eigenvalue weighted by Crippen LogP contribution is -2.44. The molecule has 0 aliphatic carbocycles. The van der Waals surface area contributed by atoms with Gasteiger partial charge in [-0.15, -0.1) is 0 Å². The molecule has 0 radical (unpaired) electrons. The maximum Gasteiger partial charge on any atom is 0.119 e. The average molecular weight is 295 g/mol. The van der Waals surface area contributed by atoms with Crippen LogP contribution < -0.4 is 10.1 Å². The Balaban J connectivity index is 1.90. The molecule has 3 nitrogen and oxygen atoms in total. The Morgan fingerprint density at radius 2 is 2.15 bits per heavy atom. The fourth-order valence-corrected chi connectivity index (χ4v) is 3.68. The molecule has 0 amide bonds. The lowest BCUT2D eigenvalue weighted by Gasteiger charge is -2.33. The fraction of sp³-hybridized carbons (Fsp3) is 0.625. The van der Waals surface area contributed by atoms with Gasteiger partial charge in [0, 0.05) is 12.6 Å². The first-order valence-electron chi connectivity index (χ1n) is 7.39. The Kier molecular flexibility index (Phi) is 5.75. The highest BCUT2D eigenvalue weighted by molar-refractivity contribution is 7.99. The number of rotatable bonds is 6. The summed E-state index contributed by atoms with van der Waals surface area (Å²) in [5.74, 6) is 3.03. The Hall–Kier alpha value is -0.710. The molecule has 0 saturated carbocycles. The fourth-order valence-electron chi connectivity index (χ4n) is 2.43. The minimum Gasteiger partial charge on any atom is -0.494 e. The number of benzene rings is 1. The van der Waals surface area contributed by atoms with Crippen molar-refractivity contribution in [2.75, 3.05) is 24.7 Å². The van der Waals surface area contributed by atoms with Crippen LogP contribution in [-0.2, 0) is 0 Å². The van der Waals surface area contributed by atoms with Crippen LogP contribution in [0.1, 0.15) is 38.3 Å². The van der Waals surface area contributed by atoms with Crippen LogP contribution in [0.3, 0.4) is 0 Å². The Morgan fingerprint density at radius 1 is 1.40 bits per heavy atom. The second-order valence-electron chi connectivity index (χ2n) is 5.44. The van der Waals surface area contributed by atoms with Gasteiger partial charge in [0.25, 0.3) is 0 Å². The molecule has 1 heterocycles. The topological polar surface area (TPSA) is 41.5 Å². The van der Waals surface area contributed by atoms with Crippen molar-refractivity contribution in [3.05, 3.63) is 29.8 Å². The van der Waals surface area contributed by atoms with E-state index in [1.165, 1.54) is 5.56 Å². The third-order valence-electron chi connectivity index (χ3n) is 3.83. The van der Waals surface area contributed by atoms with E-state index in [0.29, 0.717) is 13.2 Å². The summed E-state index contributed by atoms with van der Waals surface area (Å²) >= 11 is 1.93. The predicted octanol–water partition coefficient (Wildman–Crippen LogP) is 2.99. The van der Waals surface area contributed by atoms with E-state index in [1.807, 2.05) is 30.8 Å². The van der Waals surface area contributed by atoms with E-state index in [9.17, 15) is 5.11 Å². The third-order valence-corrected chi connectivity index (χ3v) is 4.82. The molecule has 2 rings (SSSR count). The molecule has 0 spiro atoms. The van der Waals surface area contributed by atoms with E-state index < -0.39 is 5.60 Å². The first-order chi connectivity index (χ1) is 9.63. The summed E-state index contributed by atoms with van der Waals surface area (Å²) in [6.07, 6.45) is 1.77. The maximum absolute atomic E-state index is 10.5. The van der Waals surface area contributed by atoms with Crippen molar-refractivity contribution in [2.45, 2.75) is 38.3 Å². The molecule has 1 fully saturated rings. The number of nitrogens with one attached hydrogen (secondary N) is 1. The molecule has 1 unspecified atom stereocenters. The number of hydrogen-bond acceptors (Lipinski definition) is 4. The van der Waals surface area contributed by atoms with E-state index in [0.717, 1.165) is 30.1 Å². The van der Waals surface area contributed by atoms with Crippen molar-refractivity contribution in [3.63, 3.8) is 0 Å². The van der Waals surface area contributed by atoms with E-state index >= 15 is 0 Å². The van der Waals surface area contributed by atoms with Gasteiger partial charge in [0.1, 0.15) is 5.75 Å². The average Bonchev–Trinajstić information content (AvgIpc) is 2.46. The van der Waals surface area contributed by atoms with Crippen LogP contribution in [0.15, 0.2) is 24.3 Å². The molecule has 2 N–H and O–H groups in total. The summed E-state index contributed by atoms with van der Waals surface area (Å²) in [6.45, 7) is 5.47. The van der Waals surface area contributed by atoms with Gasteiger partial charge < -0.3 is 15.2 Å². The van der Waals surface area contributed by atoms with Gasteiger partial charge in [-0.3, -0.25) is 0 Å². The number of hydrogen-bond donors (Lipinski definition) is 2. The monoisotopic (exact) mass is 295 g/mol. The summed E-state index contributed by atoms with van der Waals surface area (Å²) in [5, 5.41) is 14.0. The van der Waals surface area contributed by atoms with Crippen LogP contribution in [-0.4, -0.2) is 35.4 Å². The van der Waals surface area contributed by atoms with Crippen LogP contribution >= 0.6 is 11.8 Å². The van der Waals surface area contributed by atoms with Crippen molar-refractivity contribution in [1.82, 2.24) is 5.32 Å². The highest BCUT2D eigenvalue weighted by Gasteiger charge is 2.29. The molecule has 20 heavy (non-hydrogen) atoms. The minimum absolute atomic E-state index is 0.217. The van der Waals surface area contributed by atoms with Gasteiger partial charge in [-0.2, -0.15) is 11.8 Å². The molecule has 0 aromatic heterocycles. The molecule has 0 bridgehead atoms. The Morgan fingerprint density at radius 3 is 2.85 bits per heavy atom. The minimum atomic E-state index is -0.531. The molecular formula is C16H25NO2S. The normalized spacial score (nSPS) is 19.6. The maximum atomic E-state index is 10.5. The van der Waals surface area contributed by atoms with Crippen LogP contribution in [0.4, 0.5) is 0 Å². The quantitative estimate of drug-likeness (QED) is 0.846. The third kappa shape index (κ3) is 4.40. The Bertz CT molecular complexity index is 419. The smallest absolute Gasteiger partial charge is 0.119 e. The zero-order valence-electron chi connectivity index (χ0n) is 12.4. The molecule has 112 valence electrons. The summed E-state index contributed by atoms with van der Waals surface area (Å²) < 4.78 is 5.53. The van der Waals surface area contributed by atoms with E-state index in [2.05, 4.69) is 24.4 Å². The molecular weight excluding hydrogens is 270 g/mol. The second-order valence-corrected chi connectivity index (χ2v) is 6.67. The summed E-state index contributed by atoms with van der Waals surface area (Å²) in [5.41, 5.74) is 0.668. The molecule has 1 saturated heterocycles. The van der Waals surface area contributed by atoms with Crippen molar-refractivity contribution in [1.29, 1.82) is 0 Å². The van der Waals surface area contributed by atoms with Crippen molar-refractivity contribution >= 4 is 11.8 Å². The molecule has 1 aliphatic rings. The van der Waals surface area contributed by atoms with Crippen molar-refractivity contribution in [3.8, 4) is 5.75 Å². The van der Waals surface area contributed by atoms with Gasteiger partial charge in [-0.1, -0.05) is 12.1 Å². The highest BCUT2D eigenvalue weighted by atomic mass is 32.2. The number of ether oxygens (including phenoxy) is 1. The number of thioether (sulfide) groups is 1. The summed E-state index contributed by atoms with van der Waals surface area (Å²) in [6, 6.07) is 8.38.